The number of rotatable bonds is 15. The molecule has 1 heterocycles. The first-order chi connectivity index (χ1) is 32.1. The van der Waals surface area contributed by atoms with Gasteiger partial charge in [0.2, 0.25) is 0 Å². The molecule has 0 spiro atoms. The number of fused-ring (bicyclic) bond motifs is 2. The summed E-state index contributed by atoms with van der Waals surface area (Å²) in [5.41, 5.74) is 9.57. The average molecular weight is 940 g/mol. The van der Waals surface area contributed by atoms with E-state index in [4.69, 9.17) is 4.74 Å². The van der Waals surface area contributed by atoms with E-state index in [0.29, 0.717) is 40.4 Å². The van der Waals surface area contributed by atoms with Gasteiger partial charge in [-0.05, 0) is 202 Å². The smallest absolute Gasteiger partial charge is 0.0598 e. The van der Waals surface area contributed by atoms with Crippen LogP contribution in [0.25, 0.3) is 0 Å². The summed E-state index contributed by atoms with van der Waals surface area (Å²) in [6.45, 7) is 40.6. The van der Waals surface area contributed by atoms with Crippen molar-refractivity contribution in [3.63, 3.8) is 0 Å². The predicted molar refractivity (Wildman–Crippen MR) is 291 cm³/mol. The Balaban J connectivity index is 0.000000230. The molecule has 5 nitrogen and oxygen atoms in total. The number of morpholine rings is 1. The maximum absolute atomic E-state index is 10.7. The van der Waals surface area contributed by atoms with Gasteiger partial charge >= 0.3 is 0 Å². The lowest BCUT2D eigenvalue weighted by Crippen LogP contribution is -2.44. The fourth-order valence-electron chi connectivity index (χ4n) is 15.6. The molecular formula is C63H106N2O3. The first-order valence-corrected chi connectivity index (χ1v) is 28.7. The van der Waals surface area contributed by atoms with Gasteiger partial charge in [0.1, 0.15) is 0 Å². The van der Waals surface area contributed by atoms with Crippen molar-refractivity contribution in [3.8, 4) is 0 Å². The average Bonchev–Trinajstić information content (AvgIpc) is 3.82. The number of nitrogens with one attached hydrogen (secondary N) is 1. The molecule has 68 heavy (non-hydrogen) atoms. The summed E-state index contributed by atoms with van der Waals surface area (Å²) in [4.78, 5) is 2.45. The Morgan fingerprint density at radius 2 is 1.28 bits per heavy atom. The highest BCUT2D eigenvalue weighted by Crippen LogP contribution is 2.61. The van der Waals surface area contributed by atoms with Crippen LogP contribution in [0.4, 0.5) is 0 Å². The third-order valence-electron chi connectivity index (χ3n) is 19.5. The second-order valence-corrected chi connectivity index (χ2v) is 26.7. The Morgan fingerprint density at radius 1 is 0.750 bits per heavy atom. The second-order valence-electron chi connectivity index (χ2n) is 26.7. The second kappa shape index (κ2) is 24.3. The molecule has 6 aliphatic carbocycles. The number of nitrogens with zero attached hydrogens (tertiary/aromatic N) is 1. The number of ether oxygens (including phenoxy) is 1. The van der Waals surface area contributed by atoms with Crippen LogP contribution in [0.1, 0.15) is 205 Å². The fourth-order valence-corrected chi connectivity index (χ4v) is 15.6. The van der Waals surface area contributed by atoms with Gasteiger partial charge < -0.3 is 20.3 Å². The summed E-state index contributed by atoms with van der Waals surface area (Å²) in [7, 11) is 0. The Kier molecular flexibility index (Phi) is 19.9. The quantitative estimate of drug-likeness (QED) is 0.153. The topological polar surface area (TPSA) is 65.0 Å². The van der Waals surface area contributed by atoms with Crippen LogP contribution in [0.15, 0.2) is 70.9 Å². The first-order valence-electron chi connectivity index (χ1n) is 28.7. The number of aliphatic hydroxyl groups excluding tert-OH is 1. The first kappa shape index (κ1) is 55.6. The zero-order valence-corrected chi connectivity index (χ0v) is 46.1. The van der Waals surface area contributed by atoms with E-state index >= 15 is 0 Å². The number of hydrogen-bond acceptors (Lipinski definition) is 5. The highest BCUT2D eigenvalue weighted by Gasteiger charge is 2.52. The predicted octanol–water partition coefficient (Wildman–Crippen LogP) is 15.2. The van der Waals surface area contributed by atoms with Crippen molar-refractivity contribution in [2.24, 2.45) is 63.6 Å². The fraction of sp³-hybridized carbons (Fsp3) is 0.810. The molecule has 0 bridgehead atoms. The number of hydrogen-bond donors (Lipinski definition) is 3. The van der Waals surface area contributed by atoms with Crippen molar-refractivity contribution in [1.29, 1.82) is 0 Å². The van der Waals surface area contributed by atoms with E-state index in [1.165, 1.54) is 119 Å². The largest absolute Gasteiger partial charge is 0.393 e. The molecule has 7 rings (SSSR count). The Morgan fingerprint density at radius 3 is 1.81 bits per heavy atom. The zero-order chi connectivity index (χ0) is 49.4. The van der Waals surface area contributed by atoms with Crippen molar-refractivity contribution >= 4 is 0 Å². The van der Waals surface area contributed by atoms with Gasteiger partial charge in [-0.1, -0.05) is 137 Å². The molecule has 7 fully saturated rings. The van der Waals surface area contributed by atoms with E-state index < -0.39 is 5.60 Å². The van der Waals surface area contributed by atoms with E-state index in [-0.39, 0.29) is 12.1 Å². The molecule has 0 amide bonds. The van der Waals surface area contributed by atoms with E-state index in [1.807, 2.05) is 13.8 Å². The molecule has 1 aliphatic heterocycles. The van der Waals surface area contributed by atoms with Crippen molar-refractivity contribution in [1.82, 2.24) is 10.2 Å². The third kappa shape index (κ3) is 14.7. The minimum atomic E-state index is -0.552. The summed E-state index contributed by atoms with van der Waals surface area (Å²) >= 11 is 0. The monoisotopic (exact) mass is 939 g/mol. The lowest BCUT2D eigenvalue weighted by Gasteiger charge is -2.44. The highest BCUT2D eigenvalue weighted by atomic mass is 16.5. The van der Waals surface area contributed by atoms with Crippen molar-refractivity contribution < 1.29 is 14.9 Å². The molecule has 0 radical (unpaired) electrons. The van der Waals surface area contributed by atoms with Crippen LogP contribution in [0.3, 0.4) is 0 Å². The standard InChI is InChI=1S/C33H56N2O3.C30H50/c1-24(8-6-14-32(3,4)37)29-12-13-30-26(9-7-15-33(29,30)5)10-11-27-22-28(36)23-31(25(27)2)34-16-17-35-18-20-38-21-19-35;1-21-19-23(3)24(4)26(20-21)14-13-25-12-10-18-30(8)27(15-16-28(25)30)22(2)11-9-17-29(5,6)7/h10-11,24,28-31,34,36-37H,2,6-9,12-23H2,1,3-5H3;13-14,21-23,27-28H,4,9-12,15-20H2,1-3,5-8H3/b26-10+,27-11-;25-13+,26-14-/t24-,28-,29-,30+,31+,33-;21-,22+,23-,27+,28-,30+/m10/s1. The molecule has 0 aromatic rings. The minimum absolute atomic E-state index is 0.154. The third-order valence-corrected chi connectivity index (χ3v) is 19.5. The van der Waals surface area contributed by atoms with Gasteiger partial charge in [0.05, 0.1) is 24.9 Å². The maximum atomic E-state index is 10.7. The van der Waals surface area contributed by atoms with Crippen molar-refractivity contribution in [2.75, 3.05) is 39.4 Å². The molecule has 0 aromatic heterocycles. The molecule has 1 saturated heterocycles. The molecule has 0 aromatic carbocycles. The summed E-state index contributed by atoms with van der Waals surface area (Å²) in [5.74, 6) is 6.24. The molecule has 5 heteroatoms. The lowest BCUT2D eigenvalue weighted by molar-refractivity contribution is 0.0379. The van der Waals surface area contributed by atoms with Gasteiger partial charge in [-0.25, -0.2) is 0 Å². The van der Waals surface area contributed by atoms with E-state index in [0.717, 1.165) is 93.8 Å². The lowest BCUT2D eigenvalue weighted by atomic mass is 9.60. The van der Waals surface area contributed by atoms with Crippen LogP contribution in [-0.4, -0.2) is 72.3 Å². The summed E-state index contributed by atoms with van der Waals surface area (Å²) in [6, 6.07) is 0.154. The van der Waals surface area contributed by atoms with Crippen LogP contribution < -0.4 is 5.32 Å². The van der Waals surface area contributed by atoms with Crippen LogP contribution in [0.2, 0.25) is 0 Å². The van der Waals surface area contributed by atoms with E-state index in [1.54, 1.807) is 11.1 Å². The Hall–Kier alpha value is -1.76. The normalized spacial score (nSPS) is 37.3. The number of allylic oxidation sites excluding steroid dienone is 8. The highest BCUT2D eigenvalue weighted by molar-refractivity contribution is 5.40. The minimum Gasteiger partial charge on any atom is -0.393 e. The van der Waals surface area contributed by atoms with Gasteiger partial charge in [-0.15, -0.1) is 0 Å². The molecular weight excluding hydrogens is 833 g/mol. The summed E-state index contributed by atoms with van der Waals surface area (Å²) in [6.07, 6.45) is 34.4. The molecule has 3 N–H and O–H groups in total. The molecule has 6 saturated carbocycles. The van der Waals surface area contributed by atoms with Crippen molar-refractivity contribution in [2.45, 2.75) is 222 Å². The van der Waals surface area contributed by atoms with Crippen LogP contribution in [-0.2, 0) is 4.74 Å². The van der Waals surface area contributed by atoms with Gasteiger partial charge in [0.25, 0.3) is 0 Å². The Labute approximate surface area is 419 Å². The van der Waals surface area contributed by atoms with Gasteiger partial charge in [-0.2, -0.15) is 0 Å². The Bertz CT molecular complexity index is 1780. The van der Waals surface area contributed by atoms with E-state index in [2.05, 4.69) is 110 Å². The van der Waals surface area contributed by atoms with Crippen molar-refractivity contribution in [3.05, 3.63) is 70.9 Å². The summed E-state index contributed by atoms with van der Waals surface area (Å²) < 4.78 is 5.46. The van der Waals surface area contributed by atoms with Gasteiger partial charge in [0, 0.05) is 32.2 Å². The van der Waals surface area contributed by atoms with Crippen LogP contribution in [0, 0.1) is 63.6 Å². The zero-order valence-electron chi connectivity index (χ0n) is 46.1. The maximum Gasteiger partial charge on any atom is 0.0598 e. The van der Waals surface area contributed by atoms with Gasteiger partial charge in [0.15, 0.2) is 0 Å². The van der Waals surface area contributed by atoms with Crippen LogP contribution in [0.5, 0.6) is 0 Å². The SMILES string of the molecule is C=C1/C(=C\C=C2/CCC[C@]3(C)[C@@H]([C@H](C)CCCC(C)(C)C)CC[C@@H]23)C[C@@H](C)C[C@@H]1C.C=C1/C(=C\C=C2/CCC[C@]3(C)[C@@H]([C@H](C)CCCC(C)(C)O)CC[C@@H]23)C[C@@H](O)C[C@@H]1NCCN1CCOCC1. The molecule has 0 unspecified atom stereocenters. The van der Waals surface area contributed by atoms with E-state index in [9.17, 15) is 10.2 Å². The van der Waals surface area contributed by atoms with Gasteiger partial charge in [-0.3, -0.25) is 4.90 Å². The molecule has 386 valence electrons. The molecule has 7 aliphatic rings. The molecule has 12 atom stereocenters. The van der Waals surface area contributed by atoms with Crippen LogP contribution >= 0.6 is 0 Å². The summed E-state index contributed by atoms with van der Waals surface area (Å²) in [5, 5.41) is 24.5. The number of aliphatic hydroxyl groups is 2.